The Labute approximate surface area is 261 Å². The highest BCUT2D eigenvalue weighted by Gasteiger charge is 2.21. The van der Waals surface area contributed by atoms with Crippen molar-refractivity contribution in [3.63, 3.8) is 0 Å². The highest BCUT2D eigenvalue weighted by atomic mass is 16.6. The van der Waals surface area contributed by atoms with Crippen molar-refractivity contribution in [2.45, 2.75) is 38.5 Å². The molecule has 0 radical (unpaired) electrons. The molecule has 10 heteroatoms. The third-order valence-electron chi connectivity index (χ3n) is 8.99. The number of rotatable bonds is 9. The number of H-pyrrole nitrogens is 2. The molecule has 2 aliphatic rings. The van der Waals surface area contributed by atoms with Gasteiger partial charge in [0.2, 0.25) is 5.95 Å². The number of likely N-dealkylation sites (tertiary alicyclic amines) is 1. The molecule has 230 valence electrons. The standard InChI is InChI=1S/C35H37N7O3/c43-34-32(29-22-28(42(44)45)14-15-30(29)38-34)33(26-8-6-24(7-9-26)16-21-40-17-4-5-18-40)37-27-12-10-25(11-13-27)31-23-36-35(39-31)41-19-2-1-3-20-41/h6-15,22-23,38,43H,1-5,16-21H2,(H,36,39). The minimum absolute atomic E-state index is 0.0489. The summed E-state index contributed by atoms with van der Waals surface area (Å²) in [7, 11) is 0. The first-order chi connectivity index (χ1) is 22.0. The average molecular weight is 604 g/mol. The van der Waals surface area contributed by atoms with E-state index < -0.39 is 4.92 Å². The summed E-state index contributed by atoms with van der Waals surface area (Å²) in [4.78, 5) is 32.1. The van der Waals surface area contributed by atoms with Gasteiger partial charge in [0, 0.05) is 48.2 Å². The number of piperidine rings is 1. The van der Waals surface area contributed by atoms with Crippen molar-refractivity contribution in [1.82, 2.24) is 19.9 Å². The maximum absolute atomic E-state index is 11.6. The minimum atomic E-state index is -0.426. The van der Waals surface area contributed by atoms with Gasteiger partial charge in [0.25, 0.3) is 5.69 Å². The molecule has 0 aliphatic carbocycles. The Balaban J connectivity index is 1.23. The summed E-state index contributed by atoms with van der Waals surface area (Å²) < 4.78 is 0. The Hall–Kier alpha value is -4.96. The predicted molar refractivity (Wildman–Crippen MR) is 178 cm³/mol. The van der Waals surface area contributed by atoms with Crippen LogP contribution in [-0.4, -0.2) is 68.3 Å². The molecule has 2 fully saturated rings. The molecule has 5 aromatic rings. The number of nitro groups is 1. The van der Waals surface area contributed by atoms with Gasteiger partial charge in [-0.15, -0.1) is 0 Å². The second-order valence-corrected chi connectivity index (χ2v) is 12.0. The SMILES string of the molecule is O=[N+]([O-])c1ccc2[nH]c(O)c(C(=Nc3ccc(-c4cnc(N5CCCCC5)[nH]4)cc3)c3ccc(CCN4CCCC4)cc3)c2c1. The van der Waals surface area contributed by atoms with E-state index in [1.807, 2.05) is 42.6 Å². The largest absolute Gasteiger partial charge is 0.494 e. The Kier molecular flexibility index (Phi) is 8.04. The number of nitrogens with one attached hydrogen (secondary N) is 2. The van der Waals surface area contributed by atoms with Crippen LogP contribution in [0.25, 0.3) is 22.2 Å². The maximum atomic E-state index is 11.6. The Morgan fingerprint density at radius 3 is 2.38 bits per heavy atom. The zero-order valence-electron chi connectivity index (χ0n) is 25.2. The maximum Gasteiger partial charge on any atom is 0.270 e. The number of nitro benzene ring substituents is 1. The van der Waals surface area contributed by atoms with Gasteiger partial charge >= 0.3 is 0 Å². The first kappa shape index (κ1) is 28.8. The van der Waals surface area contributed by atoms with Crippen molar-refractivity contribution in [2.24, 2.45) is 4.99 Å². The normalized spacial score (nSPS) is 16.1. The molecule has 3 aromatic carbocycles. The molecule has 0 saturated carbocycles. The molecule has 45 heavy (non-hydrogen) atoms. The number of imidazole rings is 1. The number of aromatic amines is 2. The van der Waals surface area contributed by atoms with E-state index in [1.54, 1.807) is 6.07 Å². The van der Waals surface area contributed by atoms with Crippen LogP contribution in [0.5, 0.6) is 5.88 Å². The molecular formula is C35H37N7O3. The molecule has 7 rings (SSSR count). The number of hydrogen-bond donors (Lipinski definition) is 3. The summed E-state index contributed by atoms with van der Waals surface area (Å²) >= 11 is 0. The number of benzene rings is 3. The summed E-state index contributed by atoms with van der Waals surface area (Å²) in [5.74, 6) is 0.823. The third-order valence-corrected chi connectivity index (χ3v) is 8.99. The van der Waals surface area contributed by atoms with Gasteiger partial charge < -0.3 is 24.9 Å². The summed E-state index contributed by atoms with van der Waals surface area (Å²) in [6.07, 6.45) is 9.02. The lowest BCUT2D eigenvalue weighted by molar-refractivity contribution is -0.384. The van der Waals surface area contributed by atoms with Gasteiger partial charge in [-0.1, -0.05) is 36.4 Å². The van der Waals surface area contributed by atoms with Gasteiger partial charge in [0.15, 0.2) is 5.88 Å². The molecular weight excluding hydrogens is 566 g/mol. The number of non-ortho nitro benzene ring substituents is 1. The van der Waals surface area contributed by atoms with Crippen LogP contribution in [0.4, 0.5) is 17.3 Å². The summed E-state index contributed by atoms with van der Waals surface area (Å²) in [6, 6.07) is 20.7. The van der Waals surface area contributed by atoms with Crippen LogP contribution in [0.3, 0.4) is 0 Å². The molecule has 0 atom stereocenters. The van der Waals surface area contributed by atoms with E-state index in [2.05, 4.69) is 36.9 Å². The molecule has 4 heterocycles. The topological polar surface area (TPSA) is 127 Å². The van der Waals surface area contributed by atoms with E-state index in [1.165, 1.54) is 62.9 Å². The zero-order valence-corrected chi connectivity index (χ0v) is 25.2. The lowest BCUT2D eigenvalue weighted by Gasteiger charge is -2.25. The Bertz CT molecular complexity index is 1830. The minimum Gasteiger partial charge on any atom is -0.494 e. The summed E-state index contributed by atoms with van der Waals surface area (Å²) in [5.41, 5.74) is 6.20. The van der Waals surface area contributed by atoms with Crippen LogP contribution in [-0.2, 0) is 6.42 Å². The highest BCUT2D eigenvalue weighted by Crippen LogP contribution is 2.34. The van der Waals surface area contributed by atoms with Crippen molar-refractivity contribution in [1.29, 1.82) is 0 Å². The van der Waals surface area contributed by atoms with Crippen LogP contribution in [0.1, 0.15) is 48.8 Å². The fraction of sp³-hybridized carbons (Fsp3) is 0.314. The first-order valence-corrected chi connectivity index (χ1v) is 15.8. The van der Waals surface area contributed by atoms with Crippen LogP contribution in [0.2, 0.25) is 0 Å². The van der Waals surface area contributed by atoms with E-state index in [9.17, 15) is 15.2 Å². The number of hydrogen-bond acceptors (Lipinski definition) is 7. The summed E-state index contributed by atoms with van der Waals surface area (Å²) in [6.45, 7) is 5.41. The van der Waals surface area contributed by atoms with Gasteiger partial charge in [-0.25, -0.2) is 9.98 Å². The number of aliphatic imine (C=N–C) groups is 1. The quantitative estimate of drug-likeness (QED) is 0.0949. The lowest BCUT2D eigenvalue weighted by Crippen LogP contribution is -2.30. The number of anilines is 1. The van der Waals surface area contributed by atoms with Gasteiger partial charge in [0.1, 0.15) is 0 Å². The fourth-order valence-electron chi connectivity index (χ4n) is 6.47. The third kappa shape index (κ3) is 6.19. The van der Waals surface area contributed by atoms with E-state index >= 15 is 0 Å². The number of nitrogens with zero attached hydrogens (tertiary/aromatic N) is 5. The van der Waals surface area contributed by atoms with E-state index in [-0.39, 0.29) is 11.6 Å². The number of aromatic nitrogens is 3. The van der Waals surface area contributed by atoms with Gasteiger partial charge in [-0.2, -0.15) is 0 Å². The van der Waals surface area contributed by atoms with E-state index in [0.717, 1.165) is 48.8 Å². The molecule has 0 spiro atoms. The predicted octanol–water partition coefficient (Wildman–Crippen LogP) is 6.97. The molecule has 2 saturated heterocycles. The Morgan fingerprint density at radius 1 is 0.911 bits per heavy atom. The first-order valence-electron chi connectivity index (χ1n) is 15.8. The molecule has 3 N–H and O–H groups in total. The number of fused-ring (bicyclic) bond motifs is 1. The molecule has 2 aromatic heterocycles. The van der Waals surface area contributed by atoms with Gasteiger partial charge in [-0.05, 0) is 80.9 Å². The van der Waals surface area contributed by atoms with E-state index in [0.29, 0.717) is 27.9 Å². The van der Waals surface area contributed by atoms with Crippen molar-refractivity contribution in [3.05, 3.63) is 99.7 Å². The molecule has 0 amide bonds. The lowest BCUT2D eigenvalue weighted by atomic mass is 9.98. The van der Waals surface area contributed by atoms with Crippen LogP contribution in [0.15, 0.2) is 77.9 Å². The highest BCUT2D eigenvalue weighted by molar-refractivity contribution is 6.22. The average Bonchev–Trinajstić information content (AvgIpc) is 3.84. The van der Waals surface area contributed by atoms with Crippen LogP contribution in [0, 0.1) is 10.1 Å². The molecule has 0 unspecified atom stereocenters. The van der Waals surface area contributed by atoms with Crippen molar-refractivity contribution in [3.8, 4) is 17.1 Å². The van der Waals surface area contributed by atoms with E-state index in [4.69, 9.17) is 4.99 Å². The monoisotopic (exact) mass is 603 g/mol. The second-order valence-electron chi connectivity index (χ2n) is 12.0. The van der Waals surface area contributed by atoms with Gasteiger partial charge in [-0.3, -0.25) is 10.1 Å². The Morgan fingerprint density at radius 2 is 1.64 bits per heavy atom. The molecule has 10 nitrogen and oxygen atoms in total. The van der Waals surface area contributed by atoms with Crippen molar-refractivity contribution >= 4 is 33.9 Å². The smallest absolute Gasteiger partial charge is 0.270 e. The second kappa shape index (κ2) is 12.6. The van der Waals surface area contributed by atoms with Crippen LogP contribution < -0.4 is 4.90 Å². The van der Waals surface area contributed by atoms with Gasteiger partial charge in [0.05, 0.1) is 33.8 Å². The fourth-order valence-corrected chi connectivity index (χ4v) is 6.47. The van der Waals surface area contributed by atoms with Crippen LogP contribution >= 0.6 is 0 Å². The molecule has 2 aliphatic heterocycles. The summed E-state index contributed by atoms with van der Waals surface area (Å²) in [5, 5.41) is 23.3. The van der Waals surface area contributed by atoms with Crippen molar-refractivity contribution in [2.75, 3.05) is 37.6 Å². The number of aromatic hydroxyl groups is 1. The zero-order chi connectivity index (χ0) is 30.8. The molecule has 0 bridgehead atoms. The van der Waals surface area contributed by atoms with Crippen molar-refractivity contribution < 1.29 is 10.0 Å².